The molecule has 0 aliphatic carbocycles. The number of imidazole rings is 1. The van der Waals surface area contributed by atoms with Crippen LogP contribution in [0.1, 0.15) is 40.2 Å². The van der Waals surface area contributed by atoms with Crippen molar-refractivity contribution in [2.24, 2.45) is 0 Å². The zero-order chi connectivity index (χ0) is 16.2. The largest absolute Gasteiger partial charge is 0.346 e. The van der Waals surface area contributed by atoms with Gasteiger partial charge in [0.25, 0.3) is 5.91 Å². The smallest absolute Gasteiger partial charge is 0.263 e. The van der Waals surface area contributed by atoms with Gasteiger partial charge in [-0.15, -0.1) is 11.3 Å². The molecule has 0 atom stereocenters. The fourth-order valence-corrected chi connectivity index (χ4v) is 3.68. The molecule has 1 N–H and O–H groups in total. The van der Waals surface area contributed by atoms with E-state index >= 15 is 0 Å². The summed E-state index contributed by atoms with van der Waals surface area (Å²) in [5, 5.41) is 1.96. The number of hydrogen-bond donors (Lipinski definition) is 1. The van der Waals surface area contributed by atoms with E-state index < -0.39 is 0 Å². The monoisotopic (exact) mass is 332 g/mol. The minimum absolute atomic E-state index is 0.172. The molecule has 1 aliphatic rings. The molecule has 5 nitrogen and oxygen atoms in total. The van der Waals surface area contributed by atoms with Gasteiger partial charge >= 0.3 is 0 Å². The van der Waals surface area contributed by atoms with Crippen molar-refractivity contribution in [2.75, 3.05) is 26.2 Å². The molecule has 0 spiro atoms. The van der Waals surface area contributed by atoms with Crippen LogP contribution < -0.4 is 0 Å². The molecular formula is C17H24N4OS. The average molecular weight is 332 g/mol. The van der Waals surface area contributed by atoms with E-state index in [9.17, 15) is 4.79 Å². The Morgan fingerprint density at radius 3 is 2.91 bits per heavy atom. The maximum Gasteiger partial charge on any atom is 0.263 e. The van der Waals surface area contributed by atoms with Crippen molar-refractivity contribution in [1.29, 1.82) is 0 Å². The summed E-state index contributed by atoms with van der Waals surface area (Å²) in [5.74, 6) is 1.23. The highest BCUT2D eigenvalue weighted by molar-refractivity contribution is 7.12. The number of carbonyl (C=O) groups is 1. The molecule has 1 aliphatic heterocycles. The fourth-order valence-electron chi connectivity index (χ4n) is 2.98. The Kier molecular flexibility index (Phi) is 5.13. The zero-order valence-electron chi connectivity index (χ0n) is 13.8. The highest BCUT2D eigenvalue weighted by Gasteiger charge is 2.21. The van der Waals surface area contributed by atoms with Gasteiger partial charge in [-0.3, -0.25) is 9.69 Å². The summed E-state index contributed by atoms with van der Waals surface area (Å²) in [6.45, 7) is 8.62. The Hall–Kier alpha value is -1.66. The average Bonchev–Trinajstić information content (AvgIpc) is 3.13. The Balaban J connectivity index is 1.60. The van der Waals surface area contributed by atoms with E-state index in [-0.39, 0.29) is 5.91 Å². The first-order chi connectivity index (χ1) is 11.2. The van der Waals surface area contributed by atoms with Crippen molar-refractivity contribution in [2.45, 2.75) is 33.2 Å². The lowest BCUT2D eigenvalue weighted by Gasteiger charge is -2.21. The third-order valence-corrected chi connectivity index (χ3v) is 5.21. The highest BCUT2D eigenvalue weighted by Crippen LogP contribution is 2.15. The maximum atomic E-state index is 12.5. The number of aromatic amines is 1. The van der Waals surface area contributed by atoms with Crippen LogP contribution in [0.5, 0.6) is 0 Å². The van der Waals surface area contributed by atoms with Crippen molar-refractivity contribution in [3.05, 3.63) is 39.6 Å². The first-order valence-electron chi connectivity index (χ1n) is 8.27. The summed E-state index contributed by atoms with van der Waals surface area (Å²) in [7, 11) is 0. The minimum atomic E-state index is 0.172. The molecule has 3 heterocycles. The molecule has 0 unspecified atom stereocenters. The third-order valence-electron chi connectivity index (χ3n) is 4.35. The van der Waals surface area contributed by atoms with Gasteiger partial charge in [0.1, 0.15) is 5.82 Å². The number of nitrogens with zero attached hydrogens (tertiary/aromatic N) is 3. The molecule has 1 amide bonds. The Morgan fingerprint density at radius 1 is 1.35 bits per heavy atom. The number of nitrogens with one attached hydrogen (secondary N) is 1. The van der Waals surface area contributed by atoms with Gasteiger partial charge in [0, 0.05) is 44.8 Å². The topological polar surface area (TPSA) is 52.2 Å². The van der Waals surface area contributed by atoms with Gasteiger partial charge in [0.2, 0.25) is 0 Å². The van der Waals surface area contributed by atoms with Crippen LogP contribution in [0.3, 0.4) is 0 Å². The zero-order valence-corrected chi connectivity index (χ0v) is 14.7. The summed E-state index contributed by atoms with van der Waals surface area (Å²) in [6, 6.07) is 3.85. The number of H-pyrrole nitrogens is 1. The molecular weight excluding hydrogens is 308 g/mol. The molecule has 1 saturated heterocycles. The van der Waals surface area contributed by atoms with E-state index in [1.54, 1.807) is 0 Å². The normalized spacial score (nSPS) is 16.5. The summed E-state index contributed by atoms with van der Waals surface area (Å²) in [5.41, 5.74) is 2.30. The molecule has 6 heteroatoms. The summed E-state index contributed by atoms with van der Waals surface area (Å²) in [6.07, 6.45) is 1.95. The van der Waals surface area contributed by atoms with E-state index in [0.29, 0.717) is 0 Å². The molecule has 124 valence electrons. The summed E-state index contributed by atoms with van der Waals surface area (Å²) >= 11 is 1.52. The predicted molar refractivity (Wildman–Crippen MR) is 92.8 cm³/mol. The number of hydrogen-bond acceptors (Lipinski definition) is 4. The molecule has 0 bridgehead atoms. The van der Waals surface area contributed by atoms with Crippen molar-refractivity contribution in [3.8, 4) is 0 Å². The van der Waals surface area contributed by atoms with E-state index in [1.165, 1.54) is 11.3 Å². The van der Waals surface area contributed by atoms with Crippen LogP contribution >= 0.6 is 11.3 Å². The predicted octanol–water partition coefficient (Wildman–Crippen LogP) is 2.69. The molecule has 3 rings (SSSR count). The second-order valence-corrected chi connectivity index (χ2v) is 6.96. The van der Waals surface area contributed by atoms with Gasteiger partial charge in [-0.1, -0.05) is 13.0 Å². The first kappa shape index (κ1) is 16.2. The van der Waals surface area contributed by atoms with Crippen LogP contribution in [-0.4, -0.2) is 51.9 Å². The number of aromatic nitrogens is 2. The number of amides is 1. The number of aryl methyl sites for hydroxylation is 2. The van der Waals surface area contributed by atoms with E-state index in [4.69, 9.17) is 0 Å². The number of thiophene rings is 1. The lowest BCUT2D eigenvalue weighted by Crippen LogP contribution is -2.34. The standard InChI is InChI=1S/C17H24N4OS/c1-3-16-18-13(2)14(19-16)12-20-7-5-8-21(10-9-20)17(22)15-6-4-11-23-15/h4,6,11H,3,5,7-10,12H2,1-2H3,(H,18,19). The maximum absolute atomic E-state index is 12.5. The lowest BCUT2D eigenvalue weighted by atomic mass is 10.3. The molecule has 2 aromatic rings. The number of rotatable bonds is 4. The quantitative estimate of drug-likeness (QED) is 0.936. The molecule has 23 heavy (non-hydrogen) atoms. The minimum Gasteiger partial charge on any atom is -0.346 e. The molecule has 0 aromatic carbocycles. The summed E-state index contributed by atoms with van der Waals surface area (Å²) in [4.78, 5) is 25.7. The SMILES string of the molecule is CCc1nc(CN2CCCN(C(=O)c3cccs3)CC2)c(C)[nH]1. The van der Waals surface area contributed by atoms with E-state index in [1.807, 2.05) is 22.4 Å². The van der Waals surface area contributed by atoms with Crippen LogP contribution in [0.4, 0.5) is 0 Å². The highest BCUT2D eigenvalue weighted by atomic mass is 32.1. The van der Waals surface area contributed by atoms with Crippen LogP contribution in [0.15, 0.2) is 17.5 Å². The van der Waals surface area contributed by atoms with Crippen molar-refractivity contribution < 1.29 is 4.79 Å². The van der Waals surface area contributed by atoms with Gasteiger partial charge in [-0.05, 0) is 24.8 Å². The second-order valence-electron chi connectivity index (χ2n) is 6.01. The van der Waals surface area contributed by atoms with Gasteiger partial charge in [0.05, 0.1) is 10.6 Å². The summed E-state index contributed by atoms with van der Waals surface area (Å²) < 4.78 is 0. The molecule has 0 saturated carbocycles. The van der Waals surface area contributed by atoms with Gasteiger partial charge < -0.3 is 9.88 Å². The van der Waals surface area contributed by atoms with Gasteiger partial charge in [-0.25, -0.2) is 4.98 Å². The Labute approximate surface area is 141 Å². The Bertz CT molecular complexity index is 650. The fraction of sp³-hybridized carbons (Fsp3) is 0.529. The van der Waals surface area contributed by atoms with Crippen molar-refractivity contribution >= 4 is 17.2 Å². The van der Waals surface area contributed by atoms with Gasteiger partial charge in [0.15, 0.2) is 0 Å². The van der Waals surface area contributed by atoms with Crippen molar-refractivity contribution in [1.82, 2.24) is 19.8 Å². The van der Waals surface area contributed by atoms with Crippen LogP contribution in [0, 0.1) is 6.92 Å². The molecule has 0 radical (unpaired) electrons. The second kappa shape index (κ2) is 7.27. The van der Waals surface area contributed by atoms with Crippen LogP contribution in [-0.2, 0) is 13.0 Å². The van der Waals surface area contributed by atoms with Crippen LogP contribution in [0.2, 0.25) is 0 Å². The third kappa shape index (κ3) is 3.82. The molecule has 2 aromatic heterocycles. The number of carbonyl (C=O) groups excluding carboxylic acids is 1. The van der Waals surface area contributed by atoms with Gasteiger partial charge in [-0.2, -0.15) is 0 Å². The Morgan fingerprint density at radius 2 is 2.22 bits per heavy atom. The van der Waals surface area contributed by atoms with E-state index in [2.05, 4.69) is 28.7 Å². The van der Waals surface area contributed by atoms with Crippen LogP contribution in [0.25, 0.3) is 0 Å². The van der Waals surface area contributed by atoms with Crippen molar-refractivity contribution in [3.63, 3.8) is 0 Å². The first-order valence-corrected chi connectivity index (χ1v) is 9.15. The lowest BCUT2D eigenvalue weighted by molar-refractivity contribution is 0.0766. The van der Waals surface area contributed by atoms with E-state index in [0.717, 1.165) is 67.7 Å². The molecule has 1 fully saturated rings.